The predicted octanol–water partition coefficient (Wildman–Crippen LogP) is 0.697. The highest BCUT2D eigenvalue weighted by atomic mass is 16.3. The van der Waals surface area contributed by atoms with Crippen LogP contribution in [0.5, 0.6) is 0 Å². The summed E-state index contributed by atoms with van der Waals surface area (Å²) < 4.78 is 4.76. The standard InChI is InChI=1S/C9H10O3/c1-2-8(10)5-9(11)7-3-4-12-6-7/h1,3-4,6,8-11H,5H2/t8-,9+/m1/s1. The first-order valence-corrected chi connectivity index (χ1v) is 3.58. The van der Waals surface area contributed by atoms with E-state index in [9.17, 15) is 5.11 Å². The number of hydrogen-bond donors (Lipinski definition) is 2. The molecule has 0 saturated heterocycles. The molecule has 3 heteroatoms. The maximum Gasteiger partial charge on any atom is 0.117 e. The second kappa shape index (κ2) is 3.96. The minimum atomic E-state index is -0.908. The minimum absolute atomic E-state index is 0.135. The van der Waals surface area contributed by atoms with Crippen molar-refractivity contribution in [2.45, 2.75) is 18.6 Å². The second-order valence-corrected chi connectivity index (χ2v) is 2.49. The number of aliphatic hydroxyl groups is 2. The van der Waals surface area contributed by atoms with E-state index in [0.29, 0.717) is 5.56 Å². The molecule has 64 valence electrons. The third-order valence-corrected chi connectivity index (χ3v) is 1.57. The molecule has 12 heavy (non-hydrogen) atoms. The first-order chi connectivity index (χ1) is 5.74. The fourth-order valence-corrected chi connectivity index (χ4v) is 0.880. The molecule has 0 radical (unpaired) electrons. The van der Waals surface area contributed by atoms with Gasteiger partial charge in [0.15, 0.2) is 0 Å². The number of hydrogen-bond acceptors (Lipinski definition) is 3. The van der Waals surface area contributed by atoms with Gasteiger partial charge >= 0.3 is 0 Å². The smallest absolute Gasteiger partial charge is 0.117 e. The van der Waals surface area contributed by atoms with Gasteiger partial charge in [0, 0.05) is 12.0 Å². The summed E-state index contributed by atoms with van der Waals surface area (Å²) in [7, 11) is 0. The van der Waals surface area contributed by atoms with Gasteiger partial charge in [-0.1, -0.05) is 5.92 Å². The van der Waals surface area contributed by atoms with E-state index in [4.69, 9.17) is 15.9 Å². The van der Waals surface area contributed by atoms with Gasteiger partial charge in [-0.15, -0.1) is 6.42 Å². The van der Waals surface area contributed by atoms with E-state index in [-0.39, 0.29) is 6.42 Å². The average molecular weight is 166 g/mol. The maximum atomic E-state index is 9.40. The molecule has 0 fully saturated rings. The van der Waals surface area contributed by atoms with Crippen molar-refractivity contribution in [1.29, 1.82) is 0 Å². The zero-order chi connectivity index (χ0) is 8.97. The maximum absolute atomic E-state index is 9.40. The summed E-state index contributed by atoms with van der Waals surface area (Å²) in [5.41, 5.74) is 0.629. The van der Waals surface area contributed by atoms with Gasteiger partial charge in [-0.05, 0) is 6.07 Å². The first-order valence-electron chi connectivity index (χ1n) is 3.58. The summed E-state index contributed by atoms with van der Waals surface area (Å²) in [6.45, 7) is 0. The highest BCUT2D eigenvalue weighted by Gasteiger charge is 2.12. The Morgan fingerprint density at radius 1 is 1.58 bits per heavy atom. The topological polar surface area (TPSA) is 53.6 Å². The van der Waals surface area contributed by atoms with Crippen LogP contribution in [0.1, 0.15) is 18.1 Å². The molecule has 2 atom stereocenters. The molecule has 1 heterocycles. The lowest BCUT2D eigenvalue weighted by Crippen LogP contribution is -2.09. The summed E-state index contributed by atoms with van der Waals surface area (Å²) in [5.74, 6) is 2.12. The van der Waals surface area contributed by atoms with E-state index in [0.717, 1.165) is 0 Å². The second-order valence-electron chi connectivity index (χ2n) is 2.49. The van der Waals surface area contributed by atoms with Gasteiger partial charge in [0.25, 0.3) is 0 Å². The van der Waals surface area contributed by atoms with Crippen molar-refractivity contribution in [2.24, 2.45) is 0 Å². The Morgan fingerprint density at radius 3 is 2.83 bits per heavy atom. The van der Waals surface area contributed by atoms with Crippen molar-refractivity contribution < 1.29 is 14.6 Å². The summed E-state index contributed by atoms with van der Waals surface area (Å²) in [5, 5.41) is 18.4. The molecule has 0 aromatic carbocycles. The van der Waals surface area contributed by atoms with E-state index in [1.54, 1.807) is 6.07 Å². The average Bonchev–Trinajstić information content (AvgIpc) is 2.56. The Balaban J connectivity index is 2.51. The quantitative estimate of drug-likeness (QED) is 0.650. The lowest BCUT2D eigenvalue weighted by Gasteiger charge is -2.08. The number of aliphatic hydroxyl groups excluding tert-OH is 2. The third kappa shape index (κ3) is 2.12. The lowest BCUT2D eigenvalue weighted by molar-refractivity contribution is 0.108. The van der Waals surface area contributed by atoms with Crippen molar-refractivity contribution in [3.63, 3.8) is 0 Å². The molecule has 1 aromatic heterocycles. The van der Waals surface area contributed by atoms with E-state index in [2.05, 4.69) is 5.92 Å². The molecule has 1 aromatic rings. The SMILES string of the molecule is C#C[C@@H](O)C[C@H](O)c1ccoc1. The van der Waals surface area contributed by atoms with Gasteiger partial charge in [0.2, 0.25) is 0 Å². The molecule has 0 bridgehead atoms. The van der Waals surface area contributed by atoms with Crippen LogP contribution in [-0.4, -0.2) is 16.3 Å². The van der Waals surface area contributed by atoms with Gasteiger partial charge < -0.3 is 14.6 Å². The van der Waals surface area contributed by atoms with E-state index < -0.39 is 12.2 Å². The predicted molar refractivity (Wildman–Crippen MR) is 43.1 cm³/mol. The van der Waals surface area contributed by atoms with Crippen LogP contribution in [0.4, 0.5) is 0 Å². The van der Waals surface area contributed by atoms with Gasteiger partial charge in [-0.3, -0.25) is 0 Å². The van der Waals surface area contributed by atoms with Crippen molar-refractivity contribution in [2.75, 3.05) is 0 Å². The Morgan fingerprint density at radius 2 is 2.33 bits per heavy atom. The summed E-state index contributed by atoms with van der Waals surface area (Å²) in [6.07, 6.45) is 6.30. The molecular weight excluding hydrogens is 156 g/mol. The monoisotopic (exact) mass is 166 g/mol. The summed E-state index contributed by atoms with van der Waals surface area (Å²) in [4.78, 5) is 0. The van der Waals surface area contributed by atoms with E-state index in [1.165, 1.54) is 12.5 Å². The highest BCUT2D eigenvalue weighted by Crippen LogP contribution is 2.17. The van der Waals surface area contributed by atoms with Crippen LogP contribution in [0.3, 0.4) is 0 Å². The number of terminal acetylenes is 1. The Kier molecular flexibility index (Phi) is 2.92. The van der Waals surface area contributed by atoms with Crippen molar-refractivity contribution in [1.82, 2.24) is 0 Å². The van der Waals surface area contributed by atoms with Gasteiger partial charge in [0.05, 0.1) is 18.6 Å². The normalized spacial score (nSPS) is 15.1. The fourth-order valence-electron chi connectivity index (χ4n) is 0.880. The number of furan rings is 1. The third-order valence-electron chi connectivity index (χ3n) is 1.57. The molecule has 1 rings (SSSR count). The number of rotatable bonds is 3. The van der Waals surface area contributed by atoms with Gasteiger partial charge in [-0.2, -0.15) is 0 Å². The zero-order valence-corrected chi connectivity index (χ0v) is 6.47. The molecule has 0 unspecified atom stereocenters. The highest BCUT2D eigenvalue weighted by molar-refractivity contribution is 5.10. The van der Waals surface area contributed by atoms with E-state index >= 15 is 0 Å². The van der Waals surface area contributed by atoms with Crippen LogP contribution < -0.4 is 0 Å². The largest absolute Gasteiger partial charge is 0.472 e. The van der Waals surface area contributed by atoms with Crippen LogP contribution in [0.25, 0.3) is 0 Å². The Hall–Kier alpha value is -1.24. The van der Waals surface area contributed by atoms with Gasteiger partial charge in [0.1, 0.15) is 6.10 Å². The Labute approximate surface area is 70.6 Å². The lowest BCUT2D eigenvalue weighted by atomic mass is 10.1. The summed E-state index contributed by atoms with van der Waals surface area (Å²) in [6, 6.07) is 1.63. The molecule has 2 N–H and O–H groups in total. The molecule has 0 spiro atoms. The molecule has 0 aliphatic rings. The van der Waals surface area contributed by atoms with Crippen LogP contribution in [0.2, 0.25) is 0 Å². The van der Waals surface area contributed by atoms with Crippen molar-refractivity contribution in [3.8, 4) is 12.3 Å². The minimum Gasteiger partial charge on any atom is -0.472 e. The Bertz CT molecular complexity index is 258. The van der Waals surface area contributed by atoms with Gasteiger partial charge in [-0.25, -0.2) is 0 Å². The first kappa shape index (κ1) is 8.85. The van der Waals surface area contributed by atoms with Crippen molar-refractivity contribution >= 4 is 0 Å². The summed E-state index contributed by atoms with van der Waals surface area (Å²) >= 11 is 0. The molecule has 0 amide bonds. The molecule has 0 aliphatic heterocycles. The molecular formula is C9H10O3. The van der Waals surface area contributed by atoms with Crippen LogP contribution in [0.15, 0.2) is 23.0 Å². The fraction of sp³-hybridized carbons (Fsp3) is 0.333. The van der Waals surface area contributed by atoms with E-state index in [1.807, 2.05) is 0 Å². The van der Waals surface area contributed by atoms with Crippen LogP contribution >= 0.6 is 0 Å². The zero-order valence-electron chi connectivity index (χ0n) is 6.47. The molecule has 3 nitrogen and oxygen atoms in total. The molecule has 0 saturated carbocycles. The van der Waals surface area contributed by atoms with Crippen molar-refractivity contribution in [3.05, 3.63) is 24.2 Å². The van der Waals surface area contributed by atoms with Crippen LogP contribution in [-0.2, 0) is 0 Å². The molecule has 0 aliphatic carbocycles. The van der Waals surface area contributed by atoms with Crippen LogP contribution in [0, 0.1) is 12.3 Å².